The maximum Gasteiger partial charge on any atom is 0.270 e. The molecular formula is C10H12BrN3O3. The minimum absolute atomic E-state index is 0.00461. The van der Waals surface area contributed by atoms with Crippen LogP contribution in [0.5, 0.6) is 0 Å². The van der Waals surface area contributed by atoms with Crippen molar-refractivity contribution in [2.75, 3.05) is 5.32 Å². The lowest BCUT2D eigenvalue weighted by Gasteiger charge is -2.14. The number of carbonyl (C=O) groups is 1. The first-order chi connectivity index (χ1) is 7.90. The Balaban J connectivity index is 2.79. The molecule has 1 atom stereocenters. The number of hydrogen-bond acceptors (Lipinski definition) is 4. The van der Waals surface area contributed by atoms with Crippen molar-refractivity contribution < 1.29 is 9.72 Å². The zero-order valence-electron chi connectivity index (χ0n) is 9.14. The van der Waals surface area contributed by atoms with Crippen LogP contribution in [0.15, 0.2) is 22.7 Å². The van der Waals surface area contributed by atoms with Gasteiger partial charge in [0.1, 0.15) is 0 Å². The van der Waals surface area contributed by atoms with Crippen LogP contribution in [0.1, 0.15) is 13.3 Å². The summed E-state index contributed by atoms with van der Waals surface area (Å²) in [6.07, 6.45) is 0.198. The van der Waals surface area contributed by atoms with E-state index in [9.17, 15) is 14.9 Å². The van der Waals surface area contributed by atoms with Gasteiger partial charge in [-0.15, -0.1) is 0 Å². The Morgan fingerprint density at radius 2 is 2.29 bits per heavy atom. The SMILES string of the molecule is CC(CC(N)=O)Nc1ccc([N+](=O)[O-])cc1Br. The zero-order valence-corrected chi connectivity index (χ0v) is 10.7. The van der Waals surface area contributed by atoms with Crippen LogP contribution >= 0.6 is 15.9 Å². The largest absolute Gasteiger partial charge is 0.381 e. The van der Waals surface area contributed by atoms with Gasteiger partial charge in [0.05, 0.1) is 4.92 Å². The summed E-state index contributed by atoms with van der Waals surface area (Å²) in [6, 6.07) is 4.24. The third kappa shape index (κ3) is 4.03. The molecule has 1 aromatic rings. The molecule has 0 aliphatic carbocycles. The Bertz CT molecular complexity index is 450. The molecule has 6 nitrogen and oxygen atoms in total. The van der Waals surface area contributed by atoms with Gasteiger partial charge in [0.25, 0.3) is 5.69 Å². The molecule has 0 fully saturated rings. The molecule has 0 saturated carbocycles. The van der Waals surface area contributed by atoms with Crippen LogP contribution in [-0.4, -0.2) is 16.9 Å². The number of benzene rings is 1. The van der Waals surface area contributed by atoms with E-state index in [4.69, 9.17) is 5.73 Å². The normalized spacial score (nSPS) is 11.9. The van der Waals surface area contributed by atoms with E-state index in [2.05, 4.69) is 21.2 Å². The fourth-order valence-corrected chi connectivity index (χ4v) is 1.83. The van der Waals surface area contributed by atoms with Crippen molar-refractivity contribution in [2.24, 2.45) is 5.73 Å². The van der Waals surface area contributed by atoms with Crippen molar-refractivity contribution in [1.29, 1.82) is 0 Å². The quantitative estimate of drug-likeness (QED) is 0.642. The topological polar surface area (TPSA) is 98.3 Å². The van der Waals surface area contributed by atoms with E-state index in [1.165, 1.54) is 12.1 Å². The number of non-ortho nitro benzene ring substituents is 1. The van der Waals surface area contributed by atoms with Crippen LogP contribution in [0, 0.1) is 10.1 Å². The van der Waals surface area contributed by atoms with Crippen LogP contribution in [0.4, 0.5) is 11.4 Å². The number of carbonyl (C=O) groups excluding carboxylic acids is 1. The Morgan fingerprint density at radius 3 is 2.76 bits per heavy atom. The van der Waals surface area contributed by atoms with E-state index in [1.807, 2.05) is 0 Å². The van der Waals surface area contributed by atoms with Gasteiger partial charge < -0.3 is 11.1 Å². The second kappa shape index (κ2) is 5.62. The number of anilines is 1. The van der Waals surface area contributed by atoms with Crippen LogP contribution in [0.2, 0.25) is 0 Å². The van der Waals surface area contributed by atoms with E-state index in [0.29, 0.717) is 10.2 Å². The summed E-state index contributed by atoms with van der Waals surface area (Å²) in [5.41, 5.74) is 5.76. The molecule has 0 spiro atoms. The summed E-state index contributed by atoms with van der Waals surface area (Å²) in [6.45, 7) is 1.80. The fourth-order valence-electron chi connectivity index (χ4n) is 1.35. The first-order valence-corrected chi connectivity index (χ1v) is 5.68. The first-order valence-electron chi connectivity index (χ1n) is 4.89. The monoisotopic (exact) mass is 301 g/mol. The smallest absolute Gasteiger partial charge is 0.270 e. The highest BCUT2D eigenvalue weighted by molar-refractivity contribution is 9.10. The highest BCUT2D eigenvalue weighted by Crippen LogP contribution is 2.27. The van der Waals surface area contributed by atoms with Gasteiger partial charge in [-0.1, -0.05) is 0 Å². The lowest BCUT2D eigenvalue weighted by Crippen LogP contribution is -2.24. The Hall–Kier alpha value is -1.63. The number of amides is 1. The maximum absolute atomic E-state index is 10.7. The summed E-state index contributed by atoms with van der Waals surface area (Å²) in [5, 5.41) is 13.6. The third-order valence-electron chi connectivity index (χ3n) is 2.07. The number of nitro benzene ring substituents is 1. The number of halogens is 1. The van der Waals surface area contributed by atoms with E-state index in [-0.39, 0.29) is 18.2 Å². The van der Waals surface area contributed by atoms with Crippen LogP contribution in [-0.2, 0) is 4.79 Å². The summed E-state index contributed by atoms with van der Waals surface area (Å²) >= 11 is 3.23. The molecule has 0 bridgehead atoms. The number of nitrogens with one attached hydrogen (secondary N) is 1. The molecule has 0 heterocycles. The summed E-state index contributed by atoms with van der Waals surface area (Å²) in [5.74, 6) is -0.400. The van der Waals surface area contributed by atoms with Crippen molar-refractivity contribution in [3.8, 4) is 0 Å². The lowest BCUT2D eigenvalue weighted by molar-refractivity contribution is -0.384. The zero-order chi connectivity index (χ0) is 13.0. The van der Waals surface area contributed by atoms with Gasteiger partial charge in [0.2, 0.25) is 5.91 Å². The summed E-state index contributed by atoms with van der Waals surface area (Å²) < 4.78 is 0.572. The van der Waals surface area contributed by atoms with Crippen molar-refractivity contribution in [3.05, 3.63) is 32.8 Å². The molecule has 1 rings (SSSR count). The van der Waals surface area contributed by atoms with Crippen LogP contribution in [0.3, 0.4) is 0 Å². The molecule has 0 aliphatic rings. The van der Waals surface area contributed by atoms with Crippen LogP contribution < -0.4 is 11.1 Å². The number of nitrogens with zero attached hydrogens (tertiary/aromatic N) is 1. The molecule has 0 aromatic heterocycles. The van der Waals surface area contributed by atoms with Crippen molar-refractivity contribution in [3.63, 3.8) is 0 Å². The molecule has 0 aliphatic heterocycles. The molecule has 0 saturated heterocycles. The standard InChI is InChI=1S/C10H12BrN3O3/c1-6(4-10(12)15)13-9-3-2-7(14(16)17)5-8(9)11/h2-3,5-6,13H,4H2,1H3,(H2,12,15). The van der Waals surface area contributed by atoms with E-state index < -0.39 is 10.8 Å². The highest BCUT2D eigenvalue weighted by Gasteiger charge is 2.11. The molecule has 1 amide bonds. The Kier molecular flexibility index (Phi) is 4.45. The molecule has 1 unspecified atom stereocenters. The fraction of sp³-hybridized carbons (Fsp3) is 0.300. The number of primary amides is 1. The van der Waals surface area contributed by atoms with E-state index in [0.717, 1.165) is 0 Å². The van der Waals surface area contributed by atoms with Crippen molar-refractivity contribution in [1.82, 2.24) is 0 Å². The van der Waals surface area contributed by atoms with Gasteiger partial charge >= 0.3 is 0 Å². The van der Waals surface area contributed by atoms with Gasteiger partial charge in [-0.25, -0.2) is 0 Å². The van der Waals surface area contributed by atoms with E-state index >= 15 is 0 Å². The molecule has 7 heteroatoms. The third-order valence-corrected chi connectivity index (χ3v) is 2.73. The lowest BCUT2D eigenvalue weighted by atomic mass is 10.2. The summed E-state index contributed by atoms with van der Waals surface area (Å²) in [4.78, 5) is 20.8. The number of nitro groups is 1. The number of rotatable bonds is 5. The number of hydrogen-bond donors (Lipinski definition) is 2. The van der Waals surface area contributed by atoms with Gasteiger partial charge in [-0.2, -0.15) is 0 Å². The van der Waals surface area contributed by atoms with Gasteiger partial charge in [-0.3, -0.25) is 14.9 Å². The second-order valence-corrected chi connectivity index (χ2v) is 4.49. The molecule has 0 radical (unpaired) electrons. The molecule has 1 aromatic carbocycles. The van der Waals surface area contributed by atoms with Gasteiger partial charge in [0, 0.05) is 34.8 Å². The minimum atomic E-state index is -0.471. The number of nitrogens with two attached hydrogens (primary N) is 1. The Labute approximate surface area is 106 Å². The molecular weight excluding hydrogens is 290 g/mol. The van der Waals surface area contributed by atoms with Crippen LogP contribution in [0.25, 0.3) is 0 Å². The van der Waals surface area contributed by atoms with Crippen molar-refractivity contribution >= 4 is 33.2 Å². The molecule has 3 N–H and O–H groups in total. The second-order valence-electron chi connectivity index (χ2n) is 3.64. The van der Waals surface area contributed by atoms with E-state index in [1.54, 1.807) is 13.0 Å². The summed E-state index contributed by atoms with van der Waals surface area (Å²) in [7, 11) is 0. The Morgan fingerprint density at radius 1 is 1.65 bits per heavy atom. The van der Waals surface area contributed by atoms with Gasteiger partial charge in [-0.05, 0) is 28.9 Å². The molecule has 92 valence electrons. The van der Waals surface area contributed by atoms with Crippen molar-refractivity contribution in [2.45, 2.75) is 19.4 Å². The average Bonchev–Trinajstić information content (AvgIpc) is 2.19. The molecule has 17 heavy (non-hydrogen) atoms. The first kappa shape index (κ1) is 13.4. The maximum atomic E-state index is 10.7. The van der Waals surface area contributed by atoms with Gasteiger partial charge in [0.15, 0.2) is 0 Å². The predicted octanol–water partition coefficient (Wildman–Crippen LogP) is 2.03. The minimum Gasteiger partial charge on any atom is -0.381 e. The predicted molar refractivity (Wildman–Crippen MR) is 67.7 cm³/mol. The highest BCUT2D eigenvalue weighted by atomic mass is 79.9. The average molecular weight is 302 g/mol.